The SMILES string of the molecule is N/C(=C(/CCc1ccc(OCC(=O)O)cc1)C(=O)Nc1nc2ccc(Cl)cc2[nH]1)c1ccc(C(F)(F)F)cc1. The summed E-state index contributed by atoms with van der Waals surface area (Å²) >= 11 is 6.01. The van der Waals surface area contributed by atoms with Gasteiger partial charge in [-0.3, -0.25) is 10.1 Å². The number of carbonyl (C=O) groups is 2. The number of aromatic nitrogens is 2. The first-order valence-electron chi connectivity index (χ1n) is 11.6. The van der Waals surface area contributed by atoms with Crippen molar-refractivity contribution in [3.05, 3.63) is 94.0 Å². The zero-order valence-electron chi connectivity index (χ0n) is 20.2. The fourth-order valence-corrected chi connectivity index (χ4v) is 3.95. The highest BCUT2D eigenvalue weighted by molar-refractivity contribution is 6.31. The van der Waals surface area contributed by atoms with Crippen LogP contribution in [0, 0.1) is 0 Å². The summed E-state index contributed by atoms with van der Waals surface area (Å²) in [5, 5.41) is 11.9. The van der Waals surface area contributed by atoms with Crippen LogP contribution in [0.4, 0.5) is 19.1 Å². The van der Waals surface area contributed by atoms with Gasteiger partial charge in [-0.2, -0.15) is 13.2 Å². The highest BCUT2D eigenvalue weighted by Crippen LogP contribution is 2.30. The number of aryl methyl sites for hydroxylation is 1. The lowest BCUT2D eigenvalue weighted by Crippen LogP contribution is -2.20. The molecule has 4 rings (SSSR count). The van der Waals surface area contributed by atoms with E-state index in [1.165, 1.54) is 12.1 Å². The normalized spacial score (nSPS) is 12.2. The third-order valence-electron chi connectivity index (χ3n) is 5.75. The number of aliphatic carboxylic acids is 1. The number of nitrogens with one attached hydrogen (secondary N) is 2. The van der Waals surface area contributed by atoms with Gasteiger partial charge in [0.2, 0.25) is 5.95 Å². The third-order valence-corrected chi connectivity index (χ3v) is 5.98. The maximum atomic E-state index is 13.3. The van der Waals surface area contributed by atoms with E-state index in [-0.39, 0.29) is 29.2 Å². The minimum absolute atomic E-state index is 0.0155. The minimum atomic E-state index is -4.51. The molecule has 8 nitrogen and oxygen atoms in total. The molecule has 0 saturated carbocycles. The lowest BCUT2D eigenvalue weighted by atomic mass is 9.98. The number of hydrogen-bond acceptors (Lipinski definition) is 5. The first-order chi connectivity index (χ1) is 18.5. The van der Waals surface area contributed by atoms with Crippen LogP contribution >= 0.6 is 11.6 Å². The van der Waals surface area contributed by atoms with Crippen LogP contribution in [0.25, 0.3) is 16.7 Å². The first-order valence-corrected chi connectivity index (χ1v) is 11.9. The van der Waals surface area contributed by atoms with Crippen molar-refractivity contribution in [2.75, 3.05) is 11.9 Å². The highest BCUT2D eigenvalue weighted by Gasteiger charge is 2.30. The van der Waals surface area contributed by atoms with Gasteiger partial charge >= 0.3 is 12.1 Å². The average molecular weight is 559 g/mol. The van der Waals surface area contributed by atoms with Crippen molar-refractivity contribution in [1.29, 1.82) is 0 Å². The van der Waals surface area contributed by atoms with E-state index in [1.54, 1.807) is 42.5 Å². The number of benzene rings is 3. The van der Waals surface area contributed by atoms with E-state index in [0.29, 0.717) is 28.2 Å². The Morgan fingerprint density at radius 1 is 1.05 bits per heavy atom. The molecule has 0 atom stereocenters. The molecule has 0 bridgehead atoms. The maximum absolute atomic E-state index is 13.3. The summed E-state index contributed by atoms with van der Waals surface area (Å²) in [6, 6.07) is 15.8. The van der Waals surface area contributed by atoms with Crippen LogP contribution in [0.1, 0.15) is 23.1 Å². The lowest BCUT2D eigenvalue weighted by Gasteiger charge is -2.14. The zero-order chi connectivity index (χ0) is 28.2. The van der Waals surface area contributed by atoms with Crippen molar-refractivity contribution in [3.63, 3.8) is 0 Å². The van der Waals surface area contributed by atoms with Gasteiger partial charge in [-0.05, 0) is 66.4 Å². The van der Waals surface area contributed by atoms with Gasteiger partial charge in [0.15, 0.2) is 6.61 Å². The van der Waals surface area contributed by atoms with E-state index < -0.39 is 30.2 Å². The Morgan fingerprint density at radius 2 is 1.74 bits per heavy atom. The number of H-pyrrole nitrogens is 1. The molecule has 0 aliphatic rings. The number of carbonyl (C=O) groups excluding carboxylic acids is 1. The van der Waals surface area contributed by atoms with Crippen molar-refractivity contribution >= 4 is 46.2 Å². The van der Waals surface area contributed by atoms with Gasteiger partial charge in [0.1, 0.15) is 5.75 Å². The van der Waals surface area contributed by atoms with E-state index in [1.807, 2.05) is 0 Å². The third kappa shape index (κ3) is 7.08. The standard InChI is InChI=1S/C27H22ClF3N4O4/c28-18-8-12-21-22(13-18)34-26(33-21)35-25(38)20(24(32)16-4-6-17(7-5-16)27(29,30)31)11-3-15-1-9-19(10-2-15)39-14-23(36)37/h1-2,4-10,12-13H,3,11,14,32H2,(H,36,37)(H2,33,34,35,38)/b24-20-. The van der Waals surface area contributed by atoms with Crippen LogP contribution in [0.3, 0.4) is 0 Å². The number of carboxylic acid groups (broad SMARTS) is 1. The molecule has 4 aromatic rings. The van der Waals surface area contributed by atoms with Crippen LogP contribution in [-0.4, -0.2) is 33.6 Å². The number of carboxylic acids is 1. The molecule has 1 aromatic heterocycles. The molecule has 0 aliphatic carbocycles. The van der Waals surface area contributed by atoms with Gasteiger partial charge in [0, 0.05) is 16.3 Å². The fourth-order valence-electron chi connectivity index (χ4n) is 3.77. The number of amides is 1. The van der Waals surface area contributed by atoms with Crippen LogP contribution in [0.15, 0.2) is 72.3 Å². The van der Waals surface area contributed by atoms with Gasteiger partial charge in [-0.15, -0.1) is 0 Å². The molecule has 1 amide bonds. The van der Waals surface area contributed by atoms with Gasteiger partial charge in [0.05, 0.1) is 16.6 Å². The van der Waals surface area contributed by atoms with E-state index >= 15 is 0 Å². The molecule has 0 radical (unpaired) electrons. The van der Waals surface area contributed by atoms with Crippen molar-refractivity contribution in [2.24, 2.45) is 5.73 Å². The number of halogens is 4. The molecule has 0 spiro atoms. The van der Waals surface area contributed by atoms with E-state index in [2.05, 4.69) is 15.3 Å². The summed E-state index contributed by atoms with van der Waals surface area (Å²) < 4.78 is 44.2. The van der Waals surface area contributed by atoms with Gasteiger partial charge in [0.25, 0.3) is 5.91 Å². The summed E-state index contributed by atoms with van der Waals surface area (Å²) in [6.45, 7) is -0.482. The predicted molar refractivity (Wildman–Crippen MR) is 140 cm³/mol. The smallest absolute Gasteiger partial charge is 0.416 e. The molecule has 0 fully saturated rings. The summed E-state index contributed by atoms with van der Waals surface area (Å²) in [5.41, 5.74) is 7.85. The molecule has 0 saturated heterocycles. The Balaban J connectivity index is 1.59. The molecule has 3 aromatic carbocycles. The highest BCUT2D eigenvalue weighted by atomic mass is 35.5. The second-order valence-corrected chi connectivity index (χ2v) is 8.93. The number of nitrogens with zero attached hydrogens (tertiary/aromatic N) is 1. The first kappa shape index (κ1) is 27.5. The number of aromatic amines is 1. The summed E-state index contributed by atoms with van der Waals surface area (Å²) in [5.74, 6) is -1.18. The summed E-state index contributed by atoms with van der Waals surface area (Å²) in [7, 11) is 0. The molecule has 0 unspecified atom stereocenters. The minimum Gasteiger partial charge on any atom is -0.482 e. The number of imidazole rings is 1. The van der Waals surface area contributed by atoms with Crippen molar-refractivity contribution < 1.29 is 32.6 Å². The number of alkyl halides is 3. The number of anilines is 1. The number of hydrogen-bond donors (Lipinski definition) is 4. The van der Waals surface area contributed by atoms with Crippen molar-refractivity contribution in [1.82, 2.24) is 9.97 Å². The molecular weight excluding hydrogens is 537 g/mol. The van der Waals surface area contributed by atoms with Crippen LogP contribution in [0.2, 0.25) is 5.02 Å². The van der Waals surface area contributed by atoms with Gasteiger partial charge < -0.3 is 20.6 Å². The molecule has 202 valence electrons. The van der Waals surface area contributed by atoms with Crippen LogP contribution in [-0.2, 0) is 22.2 Å². The number of nitrogens with two attached hydrogens (primary N) is 1. The number of rotatable bonds is 9. The largest absolute Gasteiger partial charge is 0.482 e. The molecule has 5 N–H and O–H groups in total. The Hall–Kier alpha value is -4.51. The number of ether oxygens (including phenoxy) is 1. The predicted octanol–water partition coefficient (Wildman–Crippen LogP) is 5.64. The Kier molecular flexibility index (Phi) is 8.10. The Morgan fingerprint density at radius 3 is 2.38 bits per heavy atom. The molecule has 0 aliphatic heterocycles. The van der Waals surface area contributed by atoms with Crippen molar-refractivity contribution in [3.8, 4) is 5.75 Å². The monoisotopic (exact) mass is 558 g/mol. The second kappa shape index (κ2) is 11.5. The Bertz CT molecular complexity index is 1530. The Labute approximate surface area is 225 Å². The topological polar surface area (TPSA) is 130 Å². The van der Waals surface area contributed by atoms with Crippen LogP contribution < -0.4 is 15.8 Å². The van der Waals surface area contributed by atoms with E-state index in [4.69, 9.17) is 27.2 Å². The summed E-state index contributed by atoms with van der Waals surface area (Å²) in [6.07, 6.45) is -4.03. The van der Waals surface area contributed by atoms with E-state index in [9.17, 15) is 22.8 Å². The molecule has 12 heteroatoms. The fraction of sp³-hybridized carbons (Fsp3) is 0.148. The molecule has 39 heavy (non-hydrogen) atoms. The molecule has 1 heterocycles. The van der Waals surface area contributed by atoms with Crippen LogP contribution in [0.5, 0.6) is 5.75 Å². The second-order valence-electron chi connectivity index (χ2n) is 8.49. The van der Waals surface area contributed by atoms with E-state index in [0.717, 1.165) is 17.7 Å². The van der Waals surface area contributed by atoms with Gasteiger partial charge in [-0.25, -0.2) is 9.78 Å². The summed E-state index contributed by atoms with van der Waals surface area (Å²) in [4.78, 5) is 31.3. The average Bonchev–Trinajstić information content (AvgIpc) is 3.28. The van der Waals surface area contributed by atoms with Gasteiger partial charge in [-0.1, -0.05) is 35.9 Å². The zero-order valence-corrected chi connectivity index (χ0v) is 20.9. The molecular formula is C27H22ClF3N4O4. The lowest BCUT2D eigenvalue weighted by molar-refractivity contribution is -0.139. The quantitative estimate of drug-likeness (QED) is 0.197. The van der Waals surface area contributed by atoms with Crippen molar-refractivity contribution in [2.45, 2.75) is 19.0 Å². The number of fused-ring (bicyclic) bond motifs is 1. The maximum Gasteiger partial charge on any atom is 0.416 e.